The Hall–Kier alpha value is -3.14. The number of rotatable bonds is 6. The summed E-state index contributed by atoms with van der Waals surface area (Å²) in [6, 6.07) is 12.6. The van der Waals surface area contributed by atoms with Crippen LogP contribution in [0.3, 0.4) is 0 Å². The molecule has 0 bridgehead atoms. The van der Waals surface area contributed by atoms with E-state index in [1.165, 1.54) is 4.57 Å². The second-order valence-electron chi connectivity index (χ2n) is 7.62. The number of morpholine rings is 1. The fourth-order valence-corrected chi connectivity index (χ4v) is 4.76. The Balaban J connectivity index is 1.20. The van der Waals surface area contributed by atoms with Gasteiger partial charge in [0.15, 0.2) is 10.7 Å². The maximum Gasteiger partial charge on any atom is 0.419 e. The summed E-state index contributed by atoms with van der Waals surface area (Å²) in [5.41, 5.74) is 3.59. The maximum atomic E-state index is 12.4. The highest BCUT2D eigenvalue weighted by atomic mass is 35.5. The van der Waals surface area contributed by atoms with E-state index in [-0.39, 0.29) is 18.9 Å². The summed E-state index contributed by atoms with van der Waals surface area (Å²) in [6.07, 6.45) is 0.133. The monoisotopic (exact) mass is 484 g/mol. The molecule has 2 aromatic heterocycles. The number of amides is 1. The summed E-state index contributed by atoms with van der Waals surface area (Å²) in [4.78, 5) is 31.5. The first kappa shape index (κ1) is 21.7. The standard InChI is InChI=1S/C23H21ClN4O4S/c24-16-3-6-19-20(13-16)32-23(30)28(19)8-7-21(29)25-17-4-1-15(2-5-17)18-14-33-22(26-18)27-9-11-31-12-10-27/h1-6,13-14H,7-12H2,(H,25,29). The molecule has 1 fully saturated rings. The number of carbonyl (C=O) groups is 1. The summed E-state index contributed by atoms with van der Waals surface area (Å²) in [5.74, 6) is -0.703. The van der Waals surface area contributed by atoms with Gasteiger partial charge in [-0.15, -0.1) is 11.3 Å². The molecule has 10 heteroatoms. The first-order chi connectivity index (χ1) is 16.1. The normalized spacial score (nSPS) is 14.0. The van der Waals surface area contributed by atoms with Gasteiger partial charge in [0.25, 0.3) is 0 Å². The molecule has 170 valence electrons. The Morgan fingerprint density at radius 2 is 1.94 bits per heavy atom. The number of aryl methyl sites for hydroxylation is 1. The minimum absolute atomic E-state index is 0.133. The number of hydrogen-bond acceptors (Lipinski definition) is 7. The van der Waals surface area contributed by atoms with Crippen LogP contribution in [0.4, 0.5) is 10.8 Å². The molecule has 1 saturated heterocycles. The van der Waals surface area contributed by atoms with E-state index in [9.17, 15) is 9.59 Å². The lowest BCUT2D eigenvalue weighted by molar-refractivity contribution is -0.116. The van der Waals surface area contributed by atoms with Crippen LogP contribution in [0.15, 0.2) is 57.1 Å². The molecular weight excluding hydrogens is 464 g/mol. The average molecular weight is 485 g/mol. The Labute approximate surface area is 198 Å². The number of benzene rings is 2. The molecule has 1 amide bonds. The zero-order chi connectivity index (χ0) is 22.8. The topological polar surface area (TPSA) is 89.6 Å². The second-order valence-corrected chi connectivity index (χ2v) is 8.89. The first-order valence-corrected chi connectivity index (χ1v) is 11.8. The van der Waals surface area contributed by atoms with Gasteiger partial charge in [0.1, 0.15) is 0 Å². The van der Waals surface area contributed by atoms with Gasteiger partial charge in [-0.3, -0.25) is 9.36 Å². The molecule has 1 aliphatic heterocycles. The molecule has 1 aliphatic rings. The molecule has 1 N–H and O–H groups in total. The highest BCUT2D eigenvalue weighted by molar-refractivity contribution is 7.14. The van der Waals surface area contributed by atoms with Crippen LogP contribution in [0.2, 0.25) is 5.02 Å². The lowest BCUT2D eigenvalue weighted by Gasteiger charge is -2.26. The van der Waals surface area contributed by atoms with Crippen LogP contribution in [-0.2, 0) is 16.1 Å². The molecule has 0 atom stereocenters. The third kappa shape index (κ3) is 4.80. The van der Waals surface area contributed by atoms with E-state index in [2.05, 4.69) is 10.2 Å². The highest BCUT2D eigenvalue weighted by Gasteiger charge is 2.15. The van der Waals surface area contributed by atoms with Gasteiger partial charge >= 0.3 is 5.76 Å². The van der Waals surface area contributed by atoms with Gasteiger partial charge in [0.2, 0.25) is 5.91 Å². The average Bonchev–Trinajstić information content (AvgIpc) is 3.43. The van der Waals surface area contributed by atoms with Crippen molar-refractivity contribution >= 4 is 50.8 Å². The molecule has 2 aromatic carbocycles. The zero-order valence-electron chi connectivity index (χ0n) is 17.6. The number of carbonyl (C=O) groups excluding carboxylic acids is 1. The van der Waals surface area contributed by atoms with Crippen LogP contribution in [-0.4, -0.2) is 41.8 Å². The molecule has 0 unspecified atom stereocenters. The number of nitrogens with zero attached hydrogens (tertiary/aromatic N) is 3. The van der Waals surface area contributed by atoms with Crippen LogP contribution < -0.4 is 16.0 Å². The van der Waals surface area contributed by atoms with Crippen molar-refractivity contribution in [3.05, 3.63) is 63.4 Å². The molecule has 3 heterocycles. The zero-order valence-corrected chi connectivity index (χ0v) is 19.2. The van der Waals surface area contributed by atoms with Crippen molar-refractivity contribution < 1.29 is 13.9 Å². The first-order valence-electron chi connectivity index (χ1n) is 10.5. The lowest BCUT2D eigenvalue weighted by atomic mass is 10.1. The fourth-order valence-electron chi connectivity index (χ4n) is 3.71. The van der Waals surface area contributed by atoms with Crippen molar-refractivity contribution in [2.24, 2.45) is 0 Å². The number of anilines is 2. The molecule has 5 rings (SSSR count). The third-order valence-electron chi connectivity index (χ3n) is 5.43. The van der Waals surface area contributed by atoms with Crippen molar-refractivity contribution in [3.63, 3.8) is 0 Å². The SMILES string of the molecule is O=C(CCn1c(=O)oc2cc(Cl)ccc21)Nc1ccc(-c2csc(N3CCOCC3)n2)cc1. The fraction of sp³-hybridized carbons (Fsp3) is 0.261. The molecule has 0 spiro atoms. The third-order valence-corrected chi connectivity index (χ3v) is 6.57. The summed E-state index contributed by atoms with van der Waals surface area (Å²) in [5, 5.41) is 6.39. The summed E-state index contributed by atoms with van der Waals surface area (Å²) in [6.45, 7) is 3.37. The smallest absolute Gasteiger partial charge is 0.408 e. The predicted octanol–water partition coefficient (Wildman–Crippen LogP) is 4.24. The van der Waals surface area contributed by atoms with Crippen molar-refractivity contribution in [2.45, 2.75) is 13.0 Å². The molecule has 4 aromatic rings. The van der Waals surface area contributed by atoms with E-state index in [1.807, 2.05) is 29.6 Å². The van der Waals surface area contributed by atoms with Gasteiger partial charge in [0.05, 0.1) is 24.4 Å². The second kappa shape index (κ2) is 9.38. The quantitative estimate of drug-likeness (QED) is 0.440. The van der Waals surface area contributed by atoms with E-state index < -0.39 is 5.76 Å². The van der Waals surface area contributed by atoms with E-state index >= 15 is 0 Å². The number of ether oxygens (including phenoxy) is 1. The van der Waals surface area contributed by atoms with Gasteiger partial charge in [-0.1, -0.05) is 23.7 Å². The molecular formula is C23H21ClN4O4S. The van der Waals surface area contributed by atoms with Gasteiger partial charge in [-0.2, -0.15) is 0 Å². The molecule has 0 saturated carbocycles. The largest absolute Gasteiger partial charge is 0.419 e. The lowest BCUT2D eigenvalue weighted by Crippen LogP contribution is -2.36. The Bertz CT molecular complexity index is 1340. The van der Waals surface area contributed by atoms with E-state index in [1.54, 1.807) is 29.5 Å². The number of thiazole rings is 1. The minimum Gasteiger partial charge on any atom is -0.408 e. The van der Waals surface area contributed by atoms with Crippen LogP contribution >= 0.6 is 22.9 Å². The number of hydrogen-bond donors (Lipinski definition) is 1. The van der Waals surface area contributed by atoms with Gasteiger partial charge in [-0.05, 0) is 24.3 Å². The Morgan fingerprint density at radius 1 is 1.15 bits per heavy atom. The van der Waals surface area contributed by atoms with Crippen LogP contribution in [0.5, 0.6) is 0 Å². The van der Waals surface area contributed by atoms with Crippen LogP contribution in [0, 0.1) is 0 Å². The van der Waals surface area contributed by atoms with Gasteiger partial charge in [0, 0.05) is 53.8 Å². The number of oxazole rings is 1. The van der Waals surface area contributed by atoms with Gasteiger partial charge in [-0.25, -0.2) is 9.78 Å². The van der Waals surface area contributed by atoms with E-state index in [0.29, 0.717) is 21.8 Å². The number of nitrogens with one attached hydrogen (secondary N) is 1. The van der Waals surface area contributed by atoms with Crippen molar-refractivity contribution in [3.8, 4) is 11.3 Å². The van der Waals surface area contributed by atoms with Crippen LogP contribution in [0.1, 0.15) is 6.42 Å². The number of aromatic nitrogens is 2. The van der Waals surface area contributed by atoms with Crippen molar-refractivity contribution in [2.75, 3.05) is 36.5 Å². The van der Waals surface area contributed by atoms with Gasteiger partial charge < -0.3 is 19.4 Å². The van der Waals surface area contributed by atoms with Crippen molar-refractivity contribution in [1.29, 1.82) is 0 Å². The maximum absolute atomic E-state index is 12.4. The Kier molecular flexibility index (Phi) is 6.17. The Morgan fingerprint density at radius 3 is 2.73 bits per heavy atom. The molecule has 33 heavy (non-hydrogen) atoms. The summed E-state index contributed by atoms with van der Waals surface area (Å²) >= 11 is 7.56. The number of fused-ring (bicyclic) bond motifs is 1. The molecule has 0 radical (unpaired) electrons. The molecule has 0 aliphatic carbocycles. The predicted molar refractivity (Wildman–Crippen MR) is 129 cm³/mol. The summed E-state index contributed by atoms with van der Waals surface area (Å²) in [7, 11) is 0. The number of halogens is 1. The van der Waals surface area contributed by atoms with E-state index in [4.69, 9.17) is 25.7 Å². The van der Waals surface area contributed by atoms with E-state index in [0.717, 1.165) is 42.7 Å². The van der Waals surface area contributed by atoms with Crippen molar-refractivity contribution in [1.82, 2.24) is 9.55 Å². The van der Waals surface area contributed by atoms with Crippen LogP contribution in [0.25, 0.3) is 22.4 Å². The highest BCUT2D eigenvalue weighted by Crippen LogP contribution is 2.28. The minimum atomic E-state index is -0.510. The summed E-state index contributed by atoms with van der Waals surface area (Å²) < 4.78 is 12.0. The molecule has 8 nitrogen and oxygen atoms in total.